The van der Waals surface area contributed by atoms with E-state index in [-0.39, 0.29) is 5.91 Å². The smallest absolute Gasteiger partial charge is 0.227 e. The van der Waals surface area contributed by atoms with E-state index in [2.05, 4.69) is 22.5 Å². The summed E-state index contributed by atoms with van der Waals surface area (Å²) in [5, 5.41) is 9.28. The summed E-state index contributed by atoms with van der Waals surface area (Å²) in [7, 11) is 0. The van der Waals surface area contributed by atoms with Gasteiger partial charge in [0.2, 0.25) is 5.91 Å². The predicted molar refractivity (Wildman–Crippen MR) is 95.2 cm³/mol. The highest BCUT2D eigenvalue weighted by molar-refractivity contribution is 6.02. The molecule has 1 aromatic carbocycles. The first-order valence-corrected chi connectivity index (χ1v) is 8.28. The van der Waals surface area contributed by atoms with Crippen LogP contribution < -0.4 is 5.32 Å². The fraction of sp³-hybridized carbons (Fsp3) is 0.389. The summed E-state index contributed by atoms with van der Waals surface area (Å²) in [5.41, 5.74) is 2.89. The van der Waals surface area contributed by atoms with E-state index in [1.54, 1.807) is 0 Å². The average molecular weight is 326 g/mol. The fourth-order valence-electron chi connectivity index (χ4n) is 2.68. The molecule has 3 rings (SSSR count). The van der Waals surface area contributed by atoms with Gasteiger partial charge in [0.25, 0.3) is 0 Å². The minimum atomic E-state index is -0.102. The van der Waals surface area contributed by atoms with Crippen LogP contribution in [0, 0.1) is 6.92 Å². The maximum atomic E-state index is 12.1. The summed E-state index contributed by atoms with van der Waals surface area (Å²) in [6, 6.07) is 8.19. The molecule has 3 aromatic rings. The van der Waals surface area contributed by atoms with Crippen molar-refractivity contribution in [2.45, 2.75) is 33.7 Å². The van der Waals surface area contributed by atoms with E-state index in [1.807, 2.05) is 37.6 Å². The number of amides is 1. The van der Waals surface area contributed by atoms with Crippen LogP contribution in [-0.4, -0.2) is 33.9 Å². The lowest BCUT2D eigenvalue weighted by Gasteiger charge is -2.03. The molecule has 6 nitrogen and oxygen atoms in total. The lowest BCUT2D eigenvalue weighted by Crippen LogP contribution is -2.15. The van der Waals surface area contributed by atoms with Crippen molar-refractivity contribution in [2.24, 2.45) is 0 Å². The number of nitrogens with zero attached hydrogens (tertiary/aromatic N) is 3. The number of benzene rings is 1. The molecule has 126 valence electrons. The monoisotopic (exact) mass is 326 g/mol. The maximum Gasteiger partial charge on any atom is 0.227 e. The molecule has 0 atom stereocenters. The quantitative estimate of drug-likeness (QED) is 0.706. The van der Waals surface area contributed by atoms with Crippen LogP contribution in [0.5, 0.6) is 0 Å². The number of fused-ring (bicyclic) bond motifs is 2. The van der Waals surface area contributed by atoms with Crippen LogP contribution >= 0.6 is 0 Å². The third kappa shape index (κ3) is 3.23. The molecule has 0 spiro atoms. The van der Waals surface area contributed by atoms with Gasteiger partial charge in [0, 0.05) is 18.5 Å². The van der Waals surface area contributed by atoms with Crippen LogP contribution in [0.2, 0.25) is 0 Å². The van der Waals surface area contributed by atoms with Crippen molar-refractivity contribution < 1.29 is 9.53 Å². The second kappa shape index (κ2) is 6.97. The number of carbonyl (C=O) groups is 1. The molecular formula is C18H22N4O2. The number of carbonyl (C=O) groups excluding carboxylic acids is 1. The summed E-state index contributed by atoms with van der Waals surface area (Å²) in [5.74, 6) is 0.457. The van der Waals surface area contributed by atoms with Crippen molar-refractivity contribution in [2.75, 3.05) is 18.5 Å². The van der Waals surface area contributed by atoms with Gasteiger partial charge in [0.1, 0.15) is 0 Å². The third-order valence-electron chi connectivity index (χ3n) is 3.91. The molecule has 2 aromatic heterocycles. The van der Waals surface area contributed by atoms with Crippen molar-refractivity contribution in [1.82, 2.24) is 14.8 Å². The number of hydrogen-bond acceptors (Lipinski definition) is 4. The largest absolute Gasteiger partial charge is 0.381 e. The second-order valence-electron chi connectivity index (χ2n) is 5.72. The molecule has 2 heterocycles. The van der Waals surface area contributed by atoms with Crippen molar-refractivity contribution in [3.05, 3.63) is 29.8 Å². The van der Waals surface area contributed by atoms with Gasteiger partial charge in [-0.15, -0.1) is 0 Å². The number of aromatic nitrogens is 3. The molecule has 24 heavy (non-hydrogen) atoms. The van der Waals surface area contributed by atoms with Gasteiger partial charge in [-0.3, -0.25) is 4.79 Å². The normalized spacial score (nSPS) is 11.3. The minimum absolute atomic E-state index is 0.102. The standard InChI is InChI=1S/C18H22N4O2/c1-4-22-18-14(11-13-7-6-12(3)10-15(13)19-18)17(21-22)20-16(23)8-9-24-5-2/h6-7,10-11H,4-5,8-9H2,1-3H3,(H,20,21,23). The number of nitrogens with one attached hydrogen (secondary N) is 1. The Labute approximate surface area is 140 Å². The molecule has 0 aliphatic rings. The van der Waals surface area contributed by atoms with E-state index < -0.39 is 0 Å². The number of pyridine rings is 1. The Kier molecular flexibility index (Phi) is 4.76. The maximum absolute atomic E-state index is 12.1. The van der Waals surface area contributed by atoms with Crippen LogP contribution in [0.4, 0.5) is 5.82 Å². The molecule has 0 saturated heterocycles. The average Bonchev–Trinajstić information content (AvgIpc) is 2.90. The molecule has 0 radical (unpaired) electrons. The Hall–Kier alpha value is -2.47. The van der Waals surface area contributed by atoms with Crippen molar-refractivity contribution >= 4 is 33.7 Å². The zero-order chi connectivity index (χ0) is 17.1. The van der Waals surface area contributed by atoms with Crippen LogP contribution in [0.15, 0.2) is 24.3 Å². The zero-order valence-corrected chi connectivity index (χ0v) is 14.3. The summed E-state index contributed by atoms with van der Waals surface area (Å²) >= 11 is 0. The Balaban J connectivity index is 1.98. The molecule has 0 saturated carbocycles. The number of aryl methyl sites for hydroxylation is 2. The highest BCUT2D eigenvalue weighted by Gasteiger charge is 2.14. The number of ether oxygens (including phenoxy) is 1. The summed E-state index contributed by atoms with van der Waals surface area (Å²) in [6.45, 7) is 7.68. The predicted octanol–water partition coefficient (Wildman–Crippen LogP) is 3.28. The number of hydrogen-bond donors (Lipinski definition) is 1. The van der Waals surface area contributed by atoms with Gasteiger partial charge >= 0.3 is 0 Å². The first-order chi connectivity index (χ1) is 11.6. The van der Waals surface area contributed by atoms with Gasteiger partial charge in [-0.1, -0.05) is 12.1 Å². The van der Waals surface area contributed by atoms with Gasteiger partial charge in [-0.25, -0.2) is 9.67 Å². The van der Waals surface area contributed by atoms with E-state index in [9.17, 15) is 4.79 Å². The second-order valence-corrected chi connectivity index (χ2v) is 5.72. The summed E-state index contributed by atoms with van der Waals surface area (Å²) in [4.78, 5) is 16.8. The van der Waals surface area contributed by atoms with Crippen LogP contribution in [0.1, 0.15) is 25.8 Å². The first-order valence-electron chi connectivity index (χ1n) is 8.28. The lowest BCUT2D eigenvalue weighted by molar-refractivity contribution is -0.117. The van der Waals surface area contributed by atoms with Gasteiger partial charge < -0.3 is 10.1 Å². The molecule has 0 fully saturated rings. The SMILES string of the molecule is CCOCCC(=O)Nc1nn(CC)c2nc3cc(C)ccc3cc12. The van der Waals surface area contributed by atoms with E-state index in [0.717, 1.165) is 21.9 Å². The van der Waals surface area contributed by atoms with Crippen LogP contribution in [0.3, 0.4) is 0 Å². The molecule has 6 heteroatoms. The van der Waals surface area contributed by atoms with Crippen molar-refractivity contribution in [1.29, 1.82) is 0 Å². The van der Waals surface area contributed by atoms with Crippen molar-refractivity contribution in [3.63, 3.8) is 0 Å². The minimum Gasteiger partial charge on any atom is -0.381 e. The van der Waals surface area contributed by atoms with Gasteiger partial charge in [-0.2, -0.15) is 5.10 Å². The highest BCUT2D eigenvalue weighted by Crippen LogP contribution is 2.26. The number of rotatable bonds is 6. The highest BCUT2D eigenvalue weighted by atomic mass is 16.5. The van der Waals surface area contributed by atoms with E-state index in [4.69, 9.17) is 9.72 Å². The first kappa shape index (κ1) is 16.4. The Morgan fingerprint density at radius 1 is 1.29 bits per heavy atom. The van der Waals surface area contributed by atoms with Gasteiger partial charge in [0.15, 0.2) is 11.5 Å². The summed E-state index contributed by atoms with van der Waals surface area (Å²) in [6.07, 6.45) is 0.314. The molecule has 0 bridgehead atoms. The molecule has 1 amide bonds. The lowest BCUT2D eigenvalue weighted by atomic mass is 10.1. The van der Waals surface area contributed by atoms with Gasteiger partial charge in [0.05, 0.1) is 23.9 Å². The van der Waals surface area contributed by atoms with E-state index >= 15 is 0 Å². The third-order valence-corrected chi connectivity index (χ3v) is 3.91. The zero-order valence-electron chi connectivity index (χ0n) is 14.3. The molecule has 0 aliphatic carbocycles. The Morgan fingerprint density at radius 2 is 2.12 bits per heavy atom. The summed E-state index contributed by atoms with van der Waals surface area (Å²) < 4.78 is 7.04. The van der Waals surface area contributed by atoms with Gasteiger partial charge in [-0.05, 0) is 38.5 Å². The Bertz CT molecular complexity index is 885. The topological polar surface area (TPSA) is 69.0 Å². The van der Waals surface area contributed by atoms with E-state index in [0.29, 0.717) is 32.0 Å². The molecule has 1 N–H and O–H groups in total. The Morgan fingerprint density at radius 3 is 2.88 bits per heavy atom. The van der Waals surface area contributed by atoms with Crippen LogP contribution in [-0.2, 0) is 16.1 Å². The fourth-order valence-corrected chi connectivity index (χ4v) is 2.68. The molecular weight excluding hydrogens is 304 g/mol. The number of anilines is 1. The van der Waals surface area contributed by atoms with Crippen molar-refractivity contribution in [3.8, 4) is 0 Å². The molecule has 0 unspecified atom stereocenters. The van der Waals surface area contributed by atoms with Crippen LogP contribution in [0.25, 0.3) is 21.9 Å². The molecule has 0 aliphatic heterocycles. The van der Waals surface area contributed by atoms with E-state index in [1.165, 1.54) is 5.56 Å².